The first-order chi connectivity index (χ1) is 7.65. The number of aryl methyl sites for hydroxylation is 1. The molecule has 1 aromatic heterocycles. The van der Waals surface area contributed by atoms with Crippen LogP contribution in [0.15, 0.2) is 12.4 Å². The van der Waals surface area contributed by atoms with E-state index in [1.807, 2.05) is 6.92 Å². The van der Waals surface area contributed by atoms with Crippen LogP contribution in [-0.4, -0.2) is 21.0 Å². The van der Waals surface area contributed by atoms with Crippen LogP contribution in [0.5, 0.6) is 0 Å². The molecule has 4 nitrogen and oxygen atoms in total. The normalized spacial score (nSPS) is 19.3. The number of carbonyl (C=O) groups is 1. The van der Waals surface area contributed by atoms with E-state index in [0.717, 1.165) is 25.0 Å². The minimum atomic E-state index is -0.793. The molecule has 1 aliphatic carbocycles. The van der Waals surface area contributed by atoms with Gasteiger partial charge in [-0.1, -0.05) is 19.3 Å². The van der Waals surface area contributed by atoms with Crippen LogP contribution in [0.4, 0.5) is 0 Å². The summed E-state index contributed by atoms with van der Waals surface area (Å²) in [5, 5.41) is 9.44. The Morgan fingerprint density at radius 1 is 1.25 bits per heavy atom. The molecule has 1 N–H and O–H groups in total. The number of carboxylic acid groups (broad SMARTS) is 1. The average Bonchev–Trinajstić information content (AvgIpc) is 2.30. The lowest BCUT2D eigenvalue weighted by Gasteiger charge is -2.32. The highest BCUT2D eigenvalue weighted by Crippen LogP contribution is 2.38. The Bertz CT molecular complexity index is 381. The van der Waals surface area contributed by atoms with Gasteiger partial charge in [-0.3, -0.25) is 14.8 Å². The molecule has 86 valence electrons. The molecule has 1 saturated carbocycles. The van der Waals surface area contributed by atoms with Crippen molar-refractivity contribution in [2.24, 2.45) is 0 Å². The van der Waals surface area contributed by atoms with Gasteiger partial charge in [0.15, 0.2) is 0 Å². The maximum Gasteiger partial charge on any atom is 0.315 e. The standard InChI is InChI=1S/C12H16N2O2/c1-9-7-14-10(8-13-9)12(11(15)16)5-3-2-4-6-12/h7-8H,2-6H2,1H3,(H,15,16). The fourth-order valence-corrected chi connectivity index (χ4v) is 2.37. The zero-order valence-electron chi connectivity index (χ0n) is 9.44. The maximum absolute atomic E-state index is 11.5. The van der Waals surface area contributed by atoms with Crippen LogP contribution in [-0.2, 0) is 10.2 Å². The van der Waals surface area contributed by atoms with Gasteiger partial charge in [0.1, 0.15) is 5.41 Å². The summed E-state index contributed by atoms with van der Waals surface area (Å²) < 4.78 is 0. The average molecular weight is 220 g/mol. The SMILES string of the molecule is Cc1cnc(C2(C(=O)O)CCCCC2)cn1. The van der Waals surface area contributed by atoms with Gasteiger partial charge in [-0.2, -0.15) is 0 Å². The van der Waals surface area contributed by atoms with Crippen molar-refractivity contribution in [3.63, 3.8) is 0 Å². The Kier molecular flexibility index (Phi) is 2.90. The van der Waals surface area contributed by atoms with Gasteiger partial charge in [0.05, 0.1) is 11.4 Å². The van der Waals surface area contributed by atoms with Crippen molar-refractivity contribution >= 4 is 5.97 Å². The Morgan fingerprint density at radius 3 is 2.44 bits per heavy atom. The van der Waals surface area contributed by atoms with Gasteiger partial charge in [-0.15, -0.1) is 0 Å². The summed E-state index contributed by atoms with van der Waals surface area (Å²) in [5.41, 5.74) is 0.643. The van der Waals surface area contributed by atoms with E-state index < -0.39 is 11.4 Å². The van der Waals surface area contributed by atoms with E-state index in [1.54, 1.807) is 12.4 Å². The second kappa shape index (κ2) is 4.20. The Morgan fingerprint density at radius 2 is 1.94 bits per heavy atom. The van der Waals surface area contributed by atoms with Crippen LogP contribution >= 0.6 is 0 Å². The fraction of sp³-hybridized carbons (Fsp3) is 0.583. The number of carboxylic acids is 1. The number of rotatable bonds is 2. The van der Waals surface area contributed by atoms with E-state index in [4.69, 9.17) is 0 Å². The van der Waals surface area contributed by atoms with E-state index in [2.05, 4.69) is 9.97 Å². The molecule has 4 heteroatoms. The molecule has 1 fully saturated rings. The molecule has 0 unspecified atom stereocenters. The van der Waals surface area contributed by atoms with E-state index in [1.165, 1.54) is 0 Å². The summed E-state index contributed by atoms with van der Waals surface area (Å²) in [6.07, 6.45) is 7.67. The second-order valence-electron chi connectivity index (χ2n) is 4.49. The monoisotopic (exact) mass is 220 g/mol. The minimum absolute atomic E-state index is 0.616. The summed E-state index contributed by atoms with van der Waals surface area (Å²) in [4.78, 5) is 19.9. The highest BCUT2D eigenvalue weighted by molar-refractivity contribution is 5.80. The van der Waals surface area contributed by atoms with E-state index in [9.17, 15) is 9.90 Å². The molecule has 0 bridgehead atoms. The molecule has 16 heavy (non-hydrogen) atoms. The molecule has 1 aliphatic rings. The van der Waals surface area contributed by atoms with Crippen molar-refractivity contribution < 1.29 is 9.90 Å². The van der Waals surface area contributed by atoms with Gasteiger partial charge in [0, 0.05) is 12.4 Å². The smallest absolute Gasteiger partial charge is 0.315 e. The van der Waals surface area contributed by atoms with E-state index in [0.29, 0.717) is 18.5 Å². The molecule has 0 aromatic carbocycles. The first-order valence-corrected chi connectivity index (χ1v) is 5.68. The van der Waals surface area contributed by atoms with Crippen LogP contribution < -0.4 is 0 Å². The number of aliphatic carboxylic acids is 1. The molecule has 0 atom stereocenters. The third-order valence-electron chi connectivity index (χ3n) is 3.39. The third kappa shape index (κ3) is 1.79. The summed E-state index contributed by atoms with van der Waals surface area (Å²) in [6, 6.07) is 0. The molecule has 0 aliphatic heterocycles. The van der Waals surface area contributed by atoms with Crippen LogP contribution in [0.3, 0.4) is 0 Å². The van der Waals surface area contributed by atoms with Gasteiger partial charge in [0.25, 0.3) is 0 Å². The van der Waals surface area contributed by atoms with Gasteiger partial charge in [-0.05, 0) is 19.8 Å². The number of nitrogens with zero attached hydrogens (tertiary/aromatic N) is 2. The van der Waals surface area contributed by atoms with Crippen molar-refractivity contribution in [1.82, 2.24) is 9.97 Å². The molecule has 2 rings (SSSR count). The fourth-order valence-electron chi connectivity index (χ4n) is 2.37. The van der Waals surface area contributed by atoms with Crippen molar-refractivity contribution in [3.8, 4) is 0 Å². The number of hydrogen-bond acceptors (Lipinski definition) is 3. The first kappa shape index (κ1) is 11.0. The molecule has 1 aromatic rings. The van der Waals surface area contributed by atoms with Crippen LogP contribution in [0.1, 0.15) is 43.5 Å². The second-order valence-corrected chi connectivity index (χ2v) is 4.49. The van der Waals surface area contributed by atoms with Crippen LogP contribution in [0.2, 0.25) is 0 Å². The van der Waals surface area contributed by atoms with Crippen molar-refractivity contribution in [2.45, 2.75) is 44.4 Å². The van der Waals surface area contributed by atoms with Gasteiger partial charge in [-0.25, -0.2) is 0 Å². The first-order valence-electron chi connectivity index (χ1n) is 5.68. The highest BCUT2D eigenvalue weighted by Gasteiger charge is 2.42. The predicted molar refractivity (Wildman–Crippen MR) is 59.2 cm³/mol. The highest BCUT2D eigenvalue weighted by atomic mass is 16.4. The molecule has 0 amide bonds. The molecule has 1 heterocycles. The Labute approximate surface area is 94.7 Å². The summed E-state index contributed by atoms with van der Waals surface area (Å²) in [7, 11) is 0. The van der Waals surface area contributed by atoms with Crippen LogP contribution in [0.25, 0.3) is 0 Å². The zero-order valence-corrected chi connectivity index (χ0v) is 9.44. The van der Waals surface area contributed by atoms with Crippen molar-refractivity contribution in [3.05, 3.63) is 23.8 Å². The Balaban J connectivity index is 2.38. The summed E-state index contributed by atoms with van der Waals surface area (Å²) >= 11 is 0. The lowest BCUT2D eigenvalue weighted by molar-refractivity contribution is -0.145. The van der Waals surface area contributed by atoms with Gasteiger partial charge >= 0.3 is 5.97 Å². The number of hydrogen-bond donors (Lipinski definition) is 1. The minimum Gasteiger partial charge on any atom is -0.481 e. The van der Waals surface area contributed by atoms with Gasteiger partial charge < -0.3 is 5.11 Å². The predicted octanol–water partition coefficient (Wildman–Crippen LogP) is 2.07. The topological polar surface area (TPSA) is 63.1 Å². The summed E-state index contributed by atoms with van der Waals surface area (Å²) in [5.74, 6) is -0.759. The van der Waals surface area contributed by atoms with Crippen LogP contribution in [0, 0.1) is 6.92 Å². The largest absolute Gasteiger partial charge is 0.481 e. The molecular weight excluding hydrogens is 204 g/mol. The molecule has 0 saturated heterocycles. The number of aromatic nitrogens is 2. The quantitative estimate of drug-likeness (QED) is 0.828. The lowest BCUT2D eigenvalue weighted by atomic mass is 9.72. The Hall–Kier alpha value is -1.45. The molecule has 0 radical (unpaired) electrons. The molecular formula is C12H16N2O2. The third-order valence-corrected chi connectivity index (χ3v) is 3.39. The van der Waals surface area contributed by atoms with Crippen molar-refractivity contribution in [2.75, 3.05) is 0 Å². The lowest BCUT2D eigenvalue weighted by Crippen LogP contribution is -2.38. The molecule has 0 spiro atoms. The zero-order chi connectivity index (χ0) is 11.6. The van der Waals surface area contributed by atoms with Crippen molar-refractivity contribution in [1.29, 1.82) is 0 Å². The van der Waals surface area contributed by atoms with E-state index >= 15 is 0 Å². The van der Waals surface area contributed by atoms with E-state index in [-0.39, 0.29) is 0 Å². The maximum atomic E-state index is 11.5. The van der Waals surface area contributed by atoms with Gasteiger partial charge in [0.2, 0.25) is 0 Å². The summed E-state index contributed by atoms with van der Waals surface area (Å²) in [6.45, 7) is 1.85.